The number of carbonyl (C=O) groups excluding carboxylic acids is 1. The molecule has 0 aliphatic rings. The van der Waals surface area contributed by atoms with E-state index in [2.05, 4.69) is 37.6 Å². The van der Waals surface area contributed by atoms with Gasteiger partial charge in [0.25, 0.3) is 5.91 Å². The van der Waals surface area contributed by atoms with Gasteiger partial charge < -0.3 is 9.80 Å². The summed E-state index contributed by atoms with van der Waals surface area (Å²) in [6.07, 6.45) is 3.67. The standard InChI is InChI=1S/C16H27N3O/c1-5-11-19(12-6-2)16(20)14-9-10-15(17-13-14)18(7-3)8-4/h9-10,13H,5-8,11-12H2,1-4H3. The van der Waals surface area contributed by atoms with Crippen molar-refractivity contribution in [1.29, 1.82) is 0 Å². The van der Waals surface area contributed by atoms with E-state index in [9.17, 15) is 4.79 Å². The zero-order chi connectivity index (χ0) is 15.0. The van der Waals surface area contributed by atoms with Gasteiger partial charge in [0.2, 0.25) is 0 Å². The minimum Gasteiger partial charge on any atom is -0.357 e. The predicted octanol–water partition coefficient (Wildman–Crippen LogP) is 3.19. The molecule has 4 heteroatoms. The van der Waals surface area contributed by atoms with Gasteiger partial charge in [0.1, 0.15) is 5.82 Å². The second-order valence-corrected chi connectivity index (χ2v) is 4.87. The van der Waals surface area contributed by atoms with Gasteiger partial charge in [0.15, 0.2) is 0 Å². The quantitative estimate of drug-likeness (QED) is 0.732. The number of pyridine rings is 1. The van der Waals surface area contributed by atoms with Crippen LogP contribution >= 0.6 is 0 Å². The van der Waals surface area contributed by atoms with Gasteiger partial charge in [-0.25, -0.2) is 4.98 Å². The van der Waals surface area contributed by atoms with Gasteiger partial charge in [-0.2, -0.15) is 0 Å². The molecule has 0 atom stereocenters. The molecule has 0 aliphatic carbocycles. The SMILES string of the molecule is CCCN(CCC)C(=O)c1ccc(N(CC)CC)nc1. The molecule has 1 aromatic rings. The molecule has 0 saturated heterocycles. The Morgan fingerprint density at radius 3 is 2.05 bits per heavy atom. The van der Waals surface area contributed by atoms with Gasteiger partial charge in [0.05, 0.1) is 5.56 Å². The fraction of sp³-hybridized carbons (Fsp3) is 0.625. The van der Waals surface area contributed by atoms with Gasteiger partial charge in [-0.1, -0.05) is 13.8 Å². The number of aromatic nitrogens is 1. The third-order valence-corrected chi connectivity index (χ3v) is 3.36. The highest BCUT2D eigenvalue weighted by Crippen LogP contribution is 2.12. The van der Waals surface area contributed by atoms with Gasteiger partial charge in [-0.05, 0) is 38.8 Å². The molecular weight excluding hydrogens is 250 g/mol. The smallest absolute Gasteiger partial charge is 0.255 e. The van der Waals surface area contributed by atoms with E-state index in [1.54, 1.807) is 6.20 Å². The molecule has 0 saturated carbocycles. The van der Waals surface area contributed by atoms with E-state index in [1.165, 1.54) is 0 Å². The molecule has 0 fully saturated rings. The first kappa shape index (κ1) is 16.5. The number of carbonyl (C=O) groups is 1. The van der Waals surface area contributed by atoms with Gasteiger partial charge in [-0.3, -0.25) is 4.79 Å². The molecular formula is C16H27N3O. The van der Waals surface area contributed by atoms with Crippen molar-refractivity contribution in [3.63, 3.8) is 0 Å². The zero-order valence-electron chi connectivity index (χ0n) is 13.2. The third-order valence-electron chi connectivity index (χ3n) is 3.36. The van der Waals surface area contributed by atoms with Crippen molar-refractivity contribution in [3.05, 3.63) is 23.9 Å². The molecule has 112 valence electrons. The monoisotopic (exact) mass is 277 g/mol. The fourth-order valence-corrected chi connectivity index (χ4v) is 2.28. The van der Waals surface area contributed by atoms with Gasteiger partial charge in [0, 0.05) is 32.4 Å². The summed E-state index contributed by atoms with van der Waals surface area (Å²) in [6, 6.07) is 3.83. The summed E-state index contributed by atoms with van der Waals surface area (Å²) >= 11 is 0. The second kappa shape index (κ2) is 8.56. The average molecular weight is 277 g/mol. The Balaban J connectivity index is 2.83. The number of hydrogen-bond donors (Lipinski definition) is 0. The van der Waals surface area contributed by atoms with E-state index in [4.69, 9.17) is 0 Å². The van der Waals surface area contributed by atoms with Crippen LogP contribution in [0.2, 0.25) is 0 Å². The van der Waals surface area contributed by atoms with Crippen LogP contribution in [0.5, 0.6) is 0 Å². The lowest BCUT2D eigenvalue weighted by Crippen LogP contribution is -2.32. The topological polar surface area (TPSA) is 36.4 Å². The van der Waals surface area contributed by atoms with Crippen molar-refractivity contribution in [2.75, 3.05) is 31.1 Å². The molecule has 1 rings (SSSR count). The van der Waals surface area contributed by atoms with Crippen molar-refractivity contribution in [1.82, 2.24) is 9.88 Å². The summed E-state index contributed by atoms with van der Waals surface area (Å²) in [5, 5.41) is 0. The molecule has 4 nitrogen and oxygen atoms in total. The normalized spacial score (nSPS) is 10.4. The van der Waals surface area contributed by atoms with Crippen LogP contribution in [0, 0.1) is 0 Å². The van der Waals surface area contributed by atoms with Crippen LogP contribution in [0.1, 0.15) is 50.9 Å². The van der Waals surface area contributed by atoms with E-state index in [0.717, 1.165) is 44.8 Å². The van der Waals surface area contributed by atoms with Crippen LogP contribution in [-0.4, -0.2) is 42.0 Å². The van der Waals surface area contributed by atoms with Crippen LogP contribution in [-0.2, 0) is 0 Å². The molecule has 0 aliphatic heterocycles. The molecule has 1 aromatic heterocycles. The van der Waals surface area contributed by atoms with Crippen LogP contribution in [0.4, 0.5) is 5.82 Å². The van der Waals surface area contributed by atoms with Crippen molar-refractivity contribution in [2.45, 2.75) is 40.5 Å². The second-order valence-electron chi connectivity index (χ2n) is 4.87. The van der Waals surface area contributed by atoms with E-state index < -0.39 is 0 Å². The van der Waals surface area contributed by atoms with Crippen LogP contribution < -0.4 is 4.90 Å². The number of anilines is 1. The molecule has 0 aromatic carbocycles. The zero-order valence-corrected chi connectivity index (χ0v) is 13.2. The molecule has 0 unspecified atom stereocenters. The molecule has 1 heterocycles. The average Bonchev–Trinajstić information content (AvgIpc) is 2.48. The largest absolute Gasteiger partial charge is 0.357 e. The molecule has 1 amide bonds. The summed E-state index contributed by atoms with van der Waals surface area (Å²) in [5.41, 5.74) is 0.683. The Morgan fingerprint density at radius 1 is 1.05 bits per heavy atom. The van der Waals surface area contributed by atoms with Gasteiger partial charge in [-0.15, -0.1) is 0 Å². The lowest BCUT2D eigenvalue weighted by Gasteiger charge is -2.22. The third kappa shape index (κ3) is 4.22. The van der Waals surface area contributed by atoms with Crippen LogP contribution in [0.3, 0.4) is 0 Å². The number of rotatable bonds is 8. The van der Waals surface area contributed by atoms with E-state index in [1.807, 2.05) is 17.0 Å². The minimum atomic E-state index is 0.0901. The first-order chi connectivity index (χ1) is 9.67. The molecule has 0 bridgehead atoms. The lowest BCUT2D eigenvalue weighted by molar-refractivity contribution is 0.0755. The maximum atomic E-state index is 12.4. The summed E-state index contributed by atoms with van der Waals surface area (Å²) in [5.74, 6) is 1.02. The fourth-order valence-electron chi connectivity index (χ4n) is 2.28. The summed E-state index contributed by atoms with van der Waals surface area (Å²) in [4.78, 5) is 20.9. The number of nitrogens with zero attached hydrogens (tertiary/aromatic N) is 3. The number of hydrogen-bond acceptors (Lipinski definition) is 3. The predicted molar refractivity (Wildman–Crippen MR) is 84.3 cm³/mol. The highest BCUT2D eigenvalue weighted by molar-refractivity contribution is 5.94. The molecule has 20 heavy (non-hydrogen) atoms. The molecule has 0 N–H and O–H groups in total. The summed E-state index contributed by atoms with van der Waals surface area (Å²) in [6.45, 7) is 11.9. The summed E-state index contributed by atoms with van der Waals surface area (Å²) in [7, 11) is 0. The number of amides is 1. The van der Waals surface area contributed by atoms with Crippen LogP contribution in [0.25, 0.3) is 0 Å². The maximum absolute atomic E-state index is 12.4. The minimum absolute atomic E-state index is 0.0901. The first-order valence-corrected chi connectivity index (χ1v) is 7.68. The first-order valence-electron chi connectivity index (χ1n) is 7.68. The van der Waals surface area contributed by atoms with E-state index in [0.29, 0.717) is 5.56 Å². The highest BCUT2D eigenvalue weighted by Gasteiger charge is 2.15. The summed E-state index contributed by atoms with van der Waals surface area (Å²) < 4.78 is 0. The van der Waals surface area contributed by atoms with Crippen LogP contribution in [0.15, 0.2) is 18.3 Å². The van der Waals surface area contributed by atoms with Crippen molar-refractivity contribution < 1.29 is 4.79 Å². The maximum Gasteiger partial charge on any atom is 0.255 e. The highest BCUT2D eigenvalue weighted by atomic mass is 16.2. The Bertz CT molecular complexity index is 393. The van der Waals surface area contributed by atoms with E-state index >= 15 is 0 Å². The Kier molecular flexibility index (Phi) is 7.05. The Labute approximate surface area is 122 Å². The molecule has 0 spiro atoms. The van der Waals surface area contributed by atoms with E-state index in [-0.39, 0.29) is 5.91 Å². The van der Waals surface area contributed by atoms with Crippen molar-refractivity contribution in [2.24, 2.45) is 0 Å². The van der Waals surface area contributed by atoms with Gasteiger partial charge >= 0.3 is 0 Å². The van der Waals surface area contributed by atoms with Crippen molar-refractivity contribution in [3.8, 4) is 0 Å². The van der Waals surface area contributed by atoms with Crippen molar-refractivity contribution >= 4 is 11.7 Å². The Hall–Kier alpha value is -1.58. The Morgan fingerprint density at radius 2 is 1.65 bits per heavy atom. The molecule has 0 radical (unpaired) electrons. The lowest BCUT2D eigenvalue weighted by atomic mass is 10.2.